The number of hydrogen-bond acceptors (Lipinski definition) is 5. The van der Waals surface area contributed by atoms with Crippen molar-refractivity contribution in [3.05, 3.63) is 48.3 Å². The van der Waals surface area contributed by atoms with Gasteiger partial charge in [0.05, 0.1) is 17.3 Å². The Balaban J connectivity index is 1.78. The van der Waals surface area contributed by atoms with Gasteiger partial charge in [-0.3, -0.25) is 0 Å². The Morgan fingerprint density at radius 2 is 2.12 bits per heavy atom. The second-order valence-corrected chi connectivity index (χ2v) is 6.55. The molecule has 6 heteroatoms. The van der Waals surface area contributed by atoms with Gasteiger partial charge in [0.15, 0.2) is 5.82 Å². The largest absolute Gasteiger partial charge is 0.361 e. The van der Waals surface area contributed by atoms with Crippen molar-refractivity contribution in [3.8, 4) is 0 Å². The second-order valence-electron chi connectivity index (χ2n) is 6.55. The minimum absolute atomic E-state index is 0.254. The van der Waals surface area contributed by atoms with Crippen molar-refractivity contribution in [1.82, 2.24) is 19.4 Å². The summed E-state index contributed by atoms with van der Waals surface area (Å²) >= 11 is 0. The number of nitrogens with zero attached hydrogens (tertiary/aromatic N) is 6. The van der Waals surface area contributed by atoms with E-state index in [0.717, 1.165) is 47.9 Å². The zero-order valence-corrected chi connectivity index (χ0v) is 14.3. The first-order valence-corrected chi connectivity index (χ1v) is 8.34. The molecule has 1 aliphatic rings. The van der Waals surface area contributed by atoms with Crippen LogP contribution in [0.3, 0.4) is 0 Å². The van der Waals surface area contributed by atoms with Crippen molar-refractivity contribution in [2.24, 2.45) is 0 Å². The monoisotopic (exact) mass is 322 g/mol. The first-order valence-electron chi connectivity index (χ1n) is 8.34. The molecule has 0 spiro atoms. The number of fused-ring (bicyclic) bond motifs is 1. The molecule has 3 aromatic heterocycles. The van der Waals surface area contributed by atoms with Crippen molar-refractivity contribution in [2.75, 3.05) is 30.4 Å². The molecule has 24 heavy (non-hydrogen) atoms. The lowest BCUT2D eigenvalue weighted by Crippen LogP contribution is -2.25. The number of rotatable bonds is 3. The summed E-state index contributed by atoms with van der Waals surface area (Å²) in [5.41, 5.74) is 3.22. The summed E-state index contributed by atoms with van der Waals surface area (Å²) < 4.78 is 2.17. The van der Waals surface area contributed by atoms with Crippen molar-refractivity contribution >= 4 is 17.2 Å². The molecule has 4 rings (SSSR count). The van der Waals surface area contributed by atoms with Crippen molar-refractivity contribution in [3.63, 3.8) is 0 Å². The van der Waals surface area contributed by atoms with Gasteiger partial charge in [0.2, 0.25) is 0 Å². The van der Waals surface area contributed by atoms with Crippen LogP contribution in [0.15, 0.2) is 36.9 Å². The zero-order chi connectivity index (χ0) is 16.7. The Morgan fingerprint density at radius 1 is 1.25 bits per heavy atom. The van der Waals surface area contributed by atoms with E-state index in [1.165, 1.54) is 0 Å². The number of hydrogen-bond donors (Lipinski definition) is 0. The van der Waals surface area contributed by atoms with E-state index in [1.807, 2.05) is 21.0 Å². The highest BCUT2D eigenvalue weighted by Gasteiger charge is 2.29. The maximum Gasteiger partial charge on any atom is 0.152 e. The van der Waals surface area contributed by atoms with Crippen LogP contribution in [0.2, 0.25) is 0 Å². The average Bonchev–Trinajstić information content (AvgIpc) is 3.22. The van der Waals surface area contributed by atoms with Gasteiger partial charge in [-0.1, -0.05) is 0 Å². The summed E-state index contributed by atoms with van der Waals surface area (Å²) in [7, 11) is 4.08. The molecule has 0 aliphatic carbocycles. The van der Waals surface area contributed by atoms with Crippen LogP contribution in [-0.4, -0.2) is 40.0 Å². The lowest BCUT2D eigenvalue weighted by molar-refractivity contribution is 0.680. The predicted octanol–water partition coefficient (Wildman–Crippen LogP) is 2.84. The number of aryl methyl sites for hydroxylation is 1. The highest BCUT2D eigenvalue weighted by molar-refractivity contribution is 5.69. The second kappa shape index (κ2) is 5.78. The van der Waals surface area contributed by atoms with Crippen LogP contribution in [0.25, 0.3) is 5.52 Å². The van der Waals surface area contributed by atoms with Gasteiger partial charge >= 0.3 is 0 Å². The predicted molar refractivity (Wildman–Crippen MR) is 95.6 cm³/mol. The smallest absolute Gasteiger partial charge is 0.152 e. The fourth-order valence-corrected chi connectivity index (χ4v) is 3.48. The molecule has 0 amide bonds. The van der Waals surface area contributed by atoms with Gasteiger partial charge in [-0.05, 0) is 31.9 Å². The molecule has 124 valence electrons. The Bertz CT molecular complexity index is 869. The quantitative estimate of drug-likeness (QED) is 0.742. The number of anilines is 2. The lowest BCUT2D eigenvalue weighted by atomic mass is 10.1. The van der Waals surface area contributed by atoms with Gasteiger partial charge in [-0.15, -0.1) is 0 Å². The Morgan fingerprint density at radius 3 is 2.92 bits per heavy atom. The summed E-state index contributed by atoms with van der Waals surface area (Å²) in [6, 6.07) is 6.48. The molecule has 0 N–H and O–H groups in total. The summed E-state index contributed by atoms with van der Waals surface area (Å²) in [6.45, 7) is 3.01. The maximum absolute atomic E-state index is 4.97. The molecule has 1 unspecified atom stereocenters. The summed E-state index contributed by atoms with van der Waals surface area (Å²) in [4.78, 5) is 18.1. The SMILES string of the molecule is Cc1cc(N2CCCC2c2cn3cccc3c(N(C)C)n2)ncn1. The first kappa shape index (κ1) is 14.9. The molecule has 3 aromatic rings. The van der Waals surface area contributed by atoms with Crippen LogP contribution in [0.5, 0.6) is 0 Å². The lowest BCUT2D eigenvalue weighted by Gasteiger charge is -2.26. The van der Waals surface area contributed by atoms with Gasteiger partial charge in [0, 0.05) is 44.8 Å². The van der Waals surface area contributed by atoms with E-state index < -0.39 is 0 Å². The van der Waals surface area contributed by atoms with Gasteiger partial charge in [-0.2, -0.15) is 0 Å². The fourth-order valence-electron chi connectivity index (χ4n) is 3.48. The molecule has 6 nitrogen and oxygen atoms in total. The highest BCUT2D eigenvalue weighted by Crippen LogP contribution is 2.35. The van der Waals surface area contributed by atoms with E-state index in [4.69, 9.17) is 4.98 Å². The third kappa shape index (κ3) is 2.48. The first-order chi connectivity index (χ1) is 11.6. The maximum atomic E-state index is 4.97. The van der Waals surface area contributed by atoms with E-state index in [1.54, 1.807) is 6.33 Å². The molecule has 0 bridgehead atoms. The third-order valence-electron chi connectivity index (χ3n) is 4.62. The number of aromatic nitrogens is 4. The zero-order valence-electron chi connectivity index (χ0n) is 14.3. The van der Waals surface area contributed by atoms with E-state index in [0.29, 0.717) is 0 Å². The van der Waals surface area contributed by atoms with E-state index >= 15 is 0 Å². The molecule has 0 aromatic carbocycles. The standard InChI is InChI=1S/C18H22N6/c1-13-10-17(20-12-19-13)24-9-5-6-15(24)14-11-23-8-4-7-16(23)18(21-14)22(2)3/h4,7-8,10-12,15H,5-6,9H2,1-3H3. The molecular weight excluding hydrogens is 300 g/mol. The molecular formula is C18H22N6. The van der Waals surface area contributed by atoms with Gasteiger partial charge < -0.3 is 14.2 Å². The Kier molecular flexibility index (Phi) is 3.59. The van der Waals surface area contributed by atoms with Gasteiger partial charge in [0.1, 0.15) is 12.1 Å². The minimum atomic E-state index is 0.254. The van der Waals surface area contributed by atoms with Crippen LogP contribution in [0.1, 0.15) is 30.3 Å². The van der Waals surface area contributed by atoms with Gasteiger partial charge in [0.25, 0.3) is 0 Å². The van der Waals surface area contributed by atoms with Crippen LogP contribution < -0.4 is 9.80 Å². The minimum Gasteiger partial charge on any atom is -0.361 e. The fraction of sp³-hybridized carbons (Fsp3) is 0.389. The Labute approximate surface area is 141 Å². The molecule has 1 atom stereocenters. The average molecular weight is 322 g/mol. The molecule has 1 fully saturated rings. The van der Waals surface area contributed by atoms with Crippen molar-refractivity contribution in [2.45, 2.75) is 25.8 Å². The molecule has 1 saturated heterocycles. The van der Waals surface area contributed by atoms with E-state index in [-0.39, 0.29) is 6.04 Å². The van der Waals surface area contributed by atoms with Crippen molar-refractivity contribution < 1.29 is 0 Å². The normalized spacial score (nSPS) is 17.6. The van der Waals surface area contributed by atoms with E-state index in [9.17, 15) is 0 Å². The van der Waals surface area contributed by atoms with Crippen LogP contribution in [0, 0.1) is 6.92 Å². The molecule has 0 radical (unpaired) electrons. The highest BCUT2D eigenvalue weighted by atomic mass is 15.3. The molecule has 1 aliphatic heterocycles. The summed E-state index contributed by atoms with van der Waals surface area (Å²) in [5.74, 6) is 1.99. The van der Waals surface area contributed by atoms with Crippen LogP contribution in [0.4, 0.5) is 11.6 Å². The molecule has 4 heterocycles. The third-order valence-corrected chi connectivity index (χ3v) is 4.62. The van der Waals surface area contributed by atoms with E-state index in [2.05, 4.69) is 54.8 Å². The summed E-state index contributed by atoms with van der Waals surface area (Å²) in [6.07, 6.45) is 8.13. The van der Waals surface area contributed by atoms with Crippen molar-refractivity contribution in [1.29, 1.82) is 0 Å². The van der Waals surface area contributed by atoms with Crippen LogP contribution in [-0.2, 0) is 0 Å². The van der Waals surface area contributed by atoms with Gasteiger partial charge in [-0.25, -0.2) is 15.0 Å². The summed E-state index contributed by atoms with van der Waals surface area (Å²) in [5, 5.41) is 0. The molecule has 0 saturated carbocycles. The topological polar surface area (TPSA) is 49.6 Å². The Hall–Kier alpha value is -2.63. The van der Waals surface area contributed by atoms with Crippen LogP contribution >= 0.6 is 0 Å².